The molecular formula is C55H54N4O. The van der Waals surface area contributed by atoms with Gasteiger partial charge in [-0.25, -0.2) is 4.98 Å². The van der Waals surface area contributed by atoms with Crippen LogP contribution >= 0.6 is 0 Å². The van der Waals surface area contributed by atoms with Crippen molar-refractivity contribution in [3.63, 3.8) is 0 Å². The Morgan fingerprint density at radius 3 is 1.88 bits per heavy atom. The van der Waals surface area contributed by atoms with Gasteiger partial charge in [-0.2, -0.15) is 0 Å². The summed E-state index contributed by atoms with van der Waals surface area (Å²) in [4.78, 5) is 9.57. The number of benzene rings is 6. The number of pyridine rings is 1. The lowest BCUT2D eigenvalue weighted by Crippen LogP contribution is -2.25. The van der Waals surface area contributed by atoms with E-state index in [0.29, 0.717) is 6.67 Å². The van der Waals surface area contributed by atoms with Gasteiger partial charge >= 0.3 is 0 Å². The minimum atomic E-state index is -0.334. The van der Waals surface area contributed by atoms with Gasteiger partial charge < -0.3 is 14.5 Å². The van der Waals surface area contributed by atoms with Crippen LogP contribution in [0.1, 0.15) is 77.6 Å². The van der Waals surface area contributed by atoms with Crippen molar-refractivity contribution in [2.75, 3.05) is 16.5 Å². The highest BCUT2D eigenvalue weighted by molar-refractivity contribution is 6.10. The molecule has 300 valence electrons. The van der Waals surface area contributed by atoms with E-state index < -0.39 is 0 Å². The van der Waals surface area contributed by atoms with Crippen LogP contribution in [0, 0.1) is 0 Å². The van der Waals surface area contributed by atoms with Gasteiger partial charge in [0.2, 0.25) is 0 Å². The molecule has 2 aromatic heterocycles. The molecule has 3 heterocycles. The van der Waals surface area contributed by atoms with Crippen molar-refractivity contribution in [3.05, 3.63) is 193 Å². The SMILES string of the molecule is CC(C)(C)c1cccc(N2C=CN(c3ccc(C(C)(C)c4ccccc4)c(Oc4ccc5c6cc(-c7ccccc7)ccc6n(-c6cc(C(C)(C)C)ccn6)c5c4)c3)C2)c1. The zero-order valence-corrected chi connectivity index (χ0v) is 36.1. The van der Waals surface area contributed by atoms with Gasteiger partial charge in [-0.15, -0.1) is 0 Å². The van der Waals surface area contributed by atoms with E-state index in [2.05, 4.69) is 234 Å². The maximum atomic E-state index is 7.15. The van der Waals surface area contributed by atoms with Gasteiger partial charge in [0.25, 0.3) is 0 Å². The molecule has 0 fully saturated rings. The van der Waals surface area contributed by atoms with Gasteiger partial charge in [0.15, 0.2) is 0 Å². The highest BCUT2D eigenvalue weighted by Gasteiger charge is 2.29. The second-order valence-electron chi connectivity index (χ2n) is 18.7. The average Bonchev–Trinajstić information content (AvgIpc) is 3.87. The highest BCUT2D eigenvalue weighted by Crippen LogP contribution is 2.43. The number of fused-ring (bicyclic) bond motifs is 3. The van der Waals surface area contributed by atoms with Gasteiger partial charge in [-0.05, 0) is 93.2 Å². The number of anilines is 2. The average molecular weight is 787 g/mol. The molecule has 0 N–H and O–H groups in total. The number of aromatic nitrogens is 2. The fourth-order valence-electron chi connectivity index (χ4n) is 8.46. The second-order valence-corrected chi connectivity index (χ2v) is 18.7. The predicted molar refractivity (Wildman–Crippen MR) is 252 cm³/mol. The molecule has 0 amide bonds. The molecule has 0 radical (unpaired) electrons. The Balaban J connectivity index is 1.15. The fourth-order valence-corrected chi connectivity index (χ4v) is 8.46. The van der Waals surface area contributed by atoms with Crippen molar-refractivity contribution in [1.82, 2.24) is 9.55 Å². The summed E-state index contributed by atoms with van der Waals surface area (Å²) in [6, 6.07) is 54.5. The molecule has 1 aliphatic rings. The van der Waals surface area contributed by atoms with Crippen LogP contribution in [0.2, 0.25) is 0 Å². The van der Waals surface area contributed by atoms with Crippen molar-refractivity contribution in [2.24, 2.45) is 0 Å². The molecule has 0 bridgehead atoms. The molecule has 0 spiro atoms. The molecule has 0 atom stereocenters. The minimum absolute atomic E-state index is 0.0315. The van der Waals surface area contributed by atoms with Crippen molar-refractivity contribution in [2.45, 2.75) is 71.6 Å². The zero-order chi connectivity index (χ0) is 41.8. The summed E-state index contributed by atoms with van der Waals surface area (Å²) in [6.07, 6.45) is 6.27. The molecule has 5 nitrogen and oxygen atoms in total. The number of ether oxygens (including phenoxy) is 1. The van der Waals surface area contributed by atoms with Crippen LogP contribution in [0.15, 0.2) is 170 Å². The van der Waals surface area contributed by atoms with E-state index in [0.717, 1.165) is 45.0 Å². The first-order valence-electron chi connectivity index (χ1n) is 21.0. The molecule has 5 heteroatoms. The van der Waals surface area contributed by atoms with Gasteiger partial charge in [-0.3, -0.25) is 4.57 Å². The molecule has 1 aliphatic heterocycles. The van der Waals surface area contributed by atoms with E-state index in [1.54, 1.807) is 0 Å². The summed E-state index contributed by atoms with van der Waals surface area (Å²) in [5.74, 6) is 2.48. The summed E-state index contributed by atoms with van der Waals surface area (Å²) < 4.78 is 9.45. The van der Waals surface area contributed by atoms with Gasteiger partial charge in [0, 0.05) is 63.9 Å². The Bertz CT molecular complexity index is 2870. The predicted octanol–water partition coefficient (Wildman–Crippen LogP) is 14.3. The molecule has 0 saturated carbocycles. The van der Waals surface area contributed by atoms with Crippen molar-refractivity contribution in [1.29, 1.82) is 0 Å². The lowest BCUT2D eigenvalue weighted by atomic mass is 9.77. The highest BCUT2D eigenvalue weighted by atomic mass is 16.5. The Morgan fingerprint density at radius 2 is 1.17 bits per heavy atom. The first-order chi connectivity index (χ1) is 28.7. The second kappa shape index (κ2) is 14.9. The number of hydrogen-bond acceptors (Lipinski definition) is 4. The van der Waals surface area contributed by atoms with Gasteiger partial charge in [-0.1, -0.05) is 140 Å². The van der Waals surface area contributed by atoms with Crippen LogP contribution in [0.3, 0.4) is 0 Å². The Morgan fingerprint density at radius 1 is 0.500 bits per heavy atom. The smallest absolute Gasteiger partial charge is 0.137 e. The van der Waals surface area contributed by atoms with E-state index >= 15 is 0 Å². The first kappa shape index (κ1) is 38.9. The molecule has 9 rings (SSSR count). The number of hydrogen-bond donors (Lipinski definition) is 0. The van der Waals surface area contributed by atoms with Crippen LogP contribution in [0.25, 0.3) is 38.8 Å². The monoisotopic (exact) mass is 786 g/mol. The van der Waals surface area contributed by atoms with Crippen LogP contribution in [-0.4, -0.2) is 16.2 Å². The maximum absolute atomic E-state index is 7.15. The molecule has 0 unspecified atom stereocenters. The third-order valence-corrected chi connectivity index (χ3v) is 12.2. The van der Waals surface area contributed by atoms with E-state index in [4.69, 9.17) is 9.72 Å². The maximum Gasteiger partial charge on any atom is 0.137 e. The standard InChI is InChI=1S/C55H54N4O/c1-53(2,3)41-20-15-21-43(33-41)57-30-31-58(37-57)44-23-26-48(55(7,8)40-18-13-10-14-19-40)51(35-44)60-45-24-25-46-47-32-39(38-16-11-9-12-17-38)22-27-49(47)59(50(46)36-45)52-34-42(28-29-56-52)54(4,5)6/h9-36H,37H2,1-8H3. The minimum Gasteiger partial charge on any atom is -0.457 e. The molecule has 8 aromatic rings. The summed E-state index contributed by atoms with van der Waals surface area (Å²) >= 11 is 0. The van der Waals surface area contributed by atoms with Crippen LogP contribution in [0.4, 0.5) is 11.4 Å². The zero-order valence-electron chi connectivity index (χ0n) is 36.1. The van der Waals surface area contributed by atoms with Crippen molar-refractivity contribution < 1.29 is 4.74 Å². The van der Waals surface area contributed by atoms with E-state index in [9.17, 15) is 0 Å². The molecular weight excluding hydrogens is 733 g/mol. The van der Waals surface area contributed by atoms with Crippen molar-refractivity contribution >= 4 is 33.2 Å². The Labute approximate surface area is 355 Å². The van der Waals surface area contributed by atoms with E-state index in [1.165, 1.54) is 38.9 Å². The Hall–Kier alpha value is -6.59. The van der Waals surface area contributed by atoms with E-state index in [1.807, 2.05) is 6.20 Å². The summed E-state index contributed by atoms with van der Waals surface area (Å²) in [7, 11) is 0. The molecule has 60 heavy (non-hydrogen) atoms. The fraction of sp³-hybridized carbons (Fsp3) is 0.218. The summed E-state index contributed by atoms with van der Waals surface area (Å²) in [5.41, 5.74) is 11.4. The molecule has 0 saturated heterocycles. The van der Waals surface area contributed by atoms with Crippen LogP contribution in [0.5, 0.6) is 11.5 Å². The molecule has 0 aliphatic carbocycles. The topological polar surface area (TPSA) is 33.5 Å². The normalized spacial score (nSPS) is 13.5. The van der Waals surface area contributed by atoms with E-state index in [-0.39, 0.29) is 16.2 Å². The third kappa shape index (κ3) is 7.34. The number of rotatable bonds is 8. The van der Waals surface area contributed by atoms with Crippen molar-refractivity contribution in [3.8, 4) is 28.4 Å². The van der Waals surface area contributed by atoms with Gasteiger partial charge in [0.05, 0.1) is 17.7 Å². The lowest BCUT2D eigenvalue weighted by Gasteiger charge is -2.30. The summed E-state index contributed by atoms with van der Waals surface area (Å²) in [6.45, 7) is 18.8. The first-order valence-corrected chi connectivity index (χ1v) is 21.0. The van der Waals surface area contributed by atoms with Crippen LogP contribution < -0.4 is 14.5 Å². The lowest BCUT2D eigenvalue weighted by molar-refractivity contribution is 0.462. The quantitative estimate of drug-likeness (QED) is 0.154. The molecule has 6 aromatic carbocycles. The third-order valence-electron chi connectivity index (χ3n) is 12.2. The largest absolute Gasteiger partial charge is 0.457 e. The Kier molecular flexibility index (Phi) is 9.66. The number of nitrogens with zero attached hydrogens (tertiary/aromatic N) is 4. The summed E-state index contributed by atoms with van der Waals surface area (Å²) in [5, 5.41) is 2.32. The van der Waals surface area contributed by atoms with Crippen LogP contribution in [-0.2, 0) is 16.2 Å². The van der Waals surface area contributed by atoms with Gasteiger partial charge in [0.1, 0.15) is 17.3 Å².